The van der Waals surface area contributed by atoms with Crippen molar-refractivity contribution in [3.63, 3.8) is 0 Å². The van der Waals surface area contributed by atoms with Crippen molar-refractivity contribution in [3.8, 4) is 0 Å². The van der Waals surface area contributed by atoms with Gasteiger partial charge in [-0.15, -0.1) is 0 Å². The maximum Gasteiger partial charge on any atom is 0.309 e. The van der Waals surface area contributed by atoms with Crippen molar-refractivity contribution >= 4 is 5.97 Å². The van der Waals surface area contributed by atoms with E-state index in [1.807, 2.05) is 6.92 Å². The zero-order chi connectivity index (χ0) is 26.5. The minimum atomic E-state index is -0.939. The predicted molar refractivity (Wildman–Crippen MR) is 137 cm³/mol. The van der Waals surface area contributed by atoms with Gasteiger partial charge in [0.2, 0.25) is 0 Å². The van der Waals surface area contributed by atoms with Crippen molar-refractivity contribution in [2.75, 3.05) is 13.2 Å². The van der Waals surface area contributed by atoms with Crippen LogP contribution in [0.4, 0.5) is 0 Å². The predicted octanol–water partition coefficient (Wildman–Crippen LogP) is 4.01. The fourth-order valence-corrected chi connectivity index (χ4v) is 11.3. The van der Waals surface area contributed by atoms with Crippen molar-refractivity contribution in [3.05, 3.63) is 11.6 Å². The molecule has 4 saturated carbocycles. The Bertz CT molecular complexity index is 948. The molecule has 0 aromatic carbocycles. The van der Waals surface area contributed by atoms with Gasteiger partial charge in [-0.25, -0.2) is 0 Å². The summed E-state index contributed by atoms with van der Waals surface area (Å²) in [7, 11) is 0. The summed E-state index contributed by atoms with van der Waals surface area (Å²) in [6.07, 6.45) is 7.65. The highest BCUT2D eigenvalue weighted by atomic mass is 16.4. The standard InChI is InChI=1S/C30H48O6/c1-17-23(25(35)36)19(33)14-30(16-32)13-12-28(4)18(24(17)30)6-7-21-26(2)10-9-22(34)27(3,15-31)20(26)8-11-29(21,28)5/h6,17,19-24,31-34H,7-16H2,1-5H3,(H,35,36)/t17-,19-,20+,21+,22-,23-,24-,26-,27-,28+,29+,30-/m0/s1. The highest BCUT2D eigenvalue weighted by Gasteiger charge is 2.69. The van der Waals surface area contributed by atoms with E-state index in [-0.39, 0.29) is 47.2 Å². The molecule has 0 aromatic heterocycles. The van der Waals surface area contributed by atoms with E-state index in [2.05, 4.69) is 33.8 Å². The van der Waals surface area contributed by atoms with Crippen LogP contribution in [0.5, 0.6) is 0 Å². The summed E-state index contributed by atoms with van der Waals surface area (Å²) in [5, 5.41) is 52.9. The first-order valence-electron chi connectivity index (χ1n) is 14.3. The smallest absolute Gasteiger partial charge is 0.309 e. The van der Waals surface area contributed by atoms with Crippen LogP contribution in [-0.4, -0.2) is 56.9 Å². The van der Waals surface area contributed by atoms with Crippen LogP contribution in [0.15, 0.2) is 11.6 Å². The molecule has 0 unspecified atom stereocenters. The number of aliphatic carboxylic acids is 1. The van der Waals surface area contributed by atoms with Crippen molar-refractivity contribution in [2.24, 2.45) is 56.7 Å². The number of allylic oxidation sites excluding steroid dienone is 2. The average molecular weight is 505 g/mol. The van der Waals surface area contributed by atoms with Crippen molar-refractivity contribution < 1.29 is 30.3 Å². The maximum absolute atomic E-state index is 12.2. The van der Waals surface area contributed by atoms with E-state index in [0.717, 1.165) is 44.9 Å². The molecule has 0 bridgehead atoms. The molecule has 4 fully saturated rings. The van der Waals surface area contributed by atoms with E-state index in [1.54, 1.807) is 0 Å². The molecule has 204 valence electrons. The first-order chi connectivity index (χ1) is 16.8. The second kappa shape index (κ2) is 8.27. The summed E-state index contributed by atoms with van der Waals surface area (Å²) < 4.78 is 0. The van der Waals surface area contributed by atoms with Crippen molar-refractivity contribution in [1.29, 1.82) is 0 Å². The van der Waals surface area contributed by atoms with Crippen LogP contribution in [0, 0.1) is 56.7 Å². The van der Waals surface area contributed by atoms with Gasteiger partial charge in [0.25, 0.3) is 0 Å². The number of aliphatic hydroxyl groups excluding tert-OH is 4. The number of carboxylic acids is 1. The molecule has 12 atom stereocenters. The third-order valence-electron chi connectivity index (χ3n) is 13.5. The number of fused-ring (bicyclic) bond motifs is 7. The number of rotatable bonds is 3. The van der Waals surface area contributed by atoms with Crippen LogP contribution >= 0.6 is 0 Å². The van der Waals surface area contributed by atoms with Crippen LogP contribution in [-0.2, 0) is 4.79 Å². The van der Waals surface area contributed by atoms with E-state index < -0.39 is 34.9 Å². The lowest BCUT2D eigenvalue weighted by molar-refractivity contribution is -0.220. The normalized spacial score (nSPS) is 56.5. The van der Waals surface area contributed by atoms with Gasteiger partial charge in [0, 0.05) is 17.4 Å². The fourth-order valence-electron chi connectivity index (χ4n) is 11.3. The Balaban J connectivity index is 1.60. The van der Waals surface area contributed by atoms with Gasteiger partial charge in [-0.3, -0.25) is 4.79 Å². The van der Waals surface area contributed by atoms with E-state index >= 15 is 0 Å². The molecular formula is C30H48O6. The first-order valence-corrected chi connectivity index (χ1v) is 14.3. The van der Waals surface area contributed by atoms with Gasteiger partial charge in [-0.2, -0.15) is 0 Å². The summed E-state index contributed by atoms with van der Waals surface area (Å²) in [4.78, 5) is 12.2. The topological polar surface area (TPSA) is 118 Å². The average Bonchev–Trinajstić information content (AvgIpc) is 2.81. The molecule has 5 aliphatic carbocycles. The van der Waals surface area contributed by atoms with Gasteiger partial charge < -0.3 is 25.5 Å². The molecule has 5 N–H and O–H groups in total. The minimum Gasteiger partial charge on any atom is -0.481 e. The fraction of sp³-hybridized carbons (Fsp3) is 0.900. The largest absolute Gasteiger partial charge is 0.481 e. The summed E-state index contributed by atoms with van der Waals surface area (Å²) >= 11 is 0. The quantitative estimate of drug-likeness (QED) is 0.371. The third kappa shape index (κ3) is 3.08. The van der Waals surface area contributed by atoms with Gasteiger partial charge in [-0.05, 0) is 91.3 Å². The number of carboxylic acid groups (broad SMARTS) is 1. The van der Waals surface area contributed by atoms with Gasteiger partial charge in [0.1, 0.15) is 0 Å². The number of hydrogen-bond acceptors (Lipinski definition) is 5. The second-order valence-corrected chi connectivity index (χ2v) is 14.5. The highest BCUT2D eigenvalue weighted by Crippen LogP contribution is 2.75. The molecule has 5 rings (SSSR count). The lowest BCUT2D eigenvalue weighted by Gasteiger charge is -2.71. The molecule has 36 heavy (non-hydrogen) atoms. The summed E-state index contributed by atoms with van der Waals surface area (Å²) in [6.45, 7) is 11.3. The SMILES string of the molecule is C[C@H]1[C@H](C(=O)O)[C@@H](O)C[C@]2(CO)CC[C@]3(C)C(=CC[C@@H]4[C@@]5(C)CC[C@H](O)[C@@](C)(CO)[C@@H]5CC[C@]43C)[C@H]12. The zero-order valence-corrected chi connectivity index (χ0v) is 22.8. The number of aliphatic hydroxyl groups is 4. The van der Waals surface area contributed by atoms with Crippen LogP contribution < -0.4 is 0 Å². The lowest BCUT2D eigenvalue weighted by atomic mass is 9.33. The minimum absolute atomic E-state index is 0.00767. The van der Waals surface area contributed by atoms with Gasteiger partial charge in [-0.1, -0.05) is 46.3 Å². The van der Waals surface area contributed by atoms with Crippen LogP contribution in [0.25, 0.3) is 0 Å². The van der Waals surface area contributed by atoms with Gasteiger partial charge >= 0.3 is 5.97 Å². The molecular weight excluding hydrogens is 456 g/mol. The number of carbonyl (C=O) groups is 1. The molecule has 0 aliphatic heterocycles. The molecule has 0 aromatic rings. The van der Waals surface area contributed by atoms with Gasteiger partial charge in [0.05, 0.1) is 24.7 Å². The maximum atomic E-state index is 12.2. The molecule has 5 aliphatic rings. The molecule has 0 saturated heterocycles. The van der Waals surface area contributed by atoms with Crippen LogP contribution in [0.3, 0.4) is 0 Å². The Morgan fingerprint density at radius 1 is 0.972 bits per heavy atom. The summed E-state index contributed by atoms with van der Waals surface area (Å²) in [5.74, 6) is -1.38. The van der Waals surface area contributed by atoms with Crippen LogP contribution in [0.2, 0.25) is 0 Å². The Kier molecular flexibility index (Phi) is 6.12. The monoisotopic (exact) mass is 504 g/mol. The second-order valence-electron chi connectivity index (χ2n) is 14.5. The highest BCUT2D eigenvalue weighted by molar-refractivity contribution is 5.71. The Morgan fingerprint density at radius 3 is 2.28 bits per heavy atom. The molecule has 6 heteroatoms. The molecule has 0 heterocycles. The number of hydrogen-bond donors (Lipinski definition) is 5. The summed E-state index contributed by atoms with van der Waals surface area (Å²) in [5.41, 5.74) is 0.286. The molecule has 0 radical (unpaired) electrons. The van der Waals surface area contributed by atoms with E-state index in [9.17, 15) is 30.3 Å². The van der Waals surface area contributed by atoms with E-state index in [0.29, 0.717) is 12.3 Å². The zero-order valence-electron chi connectivity index (χ0n) is 22.8. The Morgan fingerprint density at radius 2 is 1.67 bits per heavy atom. The van der Waals surface area contributed by atoms with Gasteiger partial charge in [0.15, 0.2) is 0 Å². The van der Waals surface area contributed by atoms with E-state index in [1.165, 1.54) is 5.57 Å². The first kappa shape index (κ1) is 26.6. The Hall–Kier alpha value is -0.950. The third-order valence-corrected chi connectivity index (χ3v) is 13.5. The molecule has 6 nitrogen and oxygen atoms in total. The lowest BCUT2D eigenvalue weighted by Crippen LogP contribution is -2.66. The molecule has 0 amide bonds. The van der Waals surface area contributed by atoms with Crippen molar-refractivity contribution in [1.82, 2.24) is 0 Å². The Labute approximate surface area is 216 Å². The van der Waals surface area contributed by atoms with Crippen LogP contribution in [0.1, 0.15) is 86.0 Å². The molecule has 0 spiro atoms. The summed E-state index contributed by atoms with van der Waals surface area (Å²) in [6, 6.07) is 0. The van der Waals surface area contributed by atoms with E-state index in [4.69, 9.17) is 0 Å². The van der Waals surface area contributed by atoms with Crippen molar-refractivity contribution in [2.45, 2.75) is 98.2 Å².